The molecule has 7 nitrogen and oxygen atoms in total. The van der Waals surface area contributed by atoms with E-state index in [2.05, 4.69) is 15.6 Å². The lowest BCUT2D eigenvalue weighted by Gasteiger charge is -2.25. The third-order valence-electron chi connectivity index (χ3n) is 4.83. The third kappa shape index (κ3) is 7.68. The minimum absolute atomic E-state index is 0.0144. The zero-order chi connectivity index (χ0) is 21.9. The summed E-state index contributed by atoms with van der Waals surface area (Å²) in [6.45, 7) is -0.680. The summed E-state index contributed by atoms with van der Waals surface area (Å²) in [5.41, 5.74) is 0.477. The van der Waals surface area contributed by atoms with Crippen LogP contribution >= 0.6 is 0 Å². The summed E-state index contributed by atoms with van der Waals surface area (Å²) in [5, 5.41) is 6.41. The van der Waals surface area contributed by atoms with Gasteiger partial charge in [-0.15, -0.1) is 0 Å². The molecule has 30 heavy (non-hydrogen) atoms. The van der Waals surface area contributed by atoms with Crippen LogP contribution in [0.5, 0.6) is 11.5 Å². The van der Waals surface area contributed by atoms with Gasteiger partial charge in [0, 0.05) is 25.7 Å². The van der Waals surface area contributed by atoms with Crippen LogP contribution in [0.2, 0.25) is 0 Å². The summed E-state index contributed by atoms with van der Waals surface area (Å²) in [6.07, 6.45) is 5.56. The molecule has 1 amide bonds. The van der Waals surface area contributed by atoms with Gasteiger partial charge in [-0.1, -0.05) is 31.4 Å². The lowest BCUT2D eigenvalue weighted by Crippen LogP contribution is -2.47. The summed E-state index contributed by atoms with van der Waals surface area (Å²) >= 11 is 0. The Morgan fingerprint density at radius 1 is 1.27 bits per heavy atom. The number of para-hydroxylation sites is 1. The highest BCUT2D eigenvalue weighted by Gasteiger charge is 2.18. The summed E-state index contributed by atoms with van der Waals surface area (Å²) in [6, 6.07) is 5.24. The zero-order valence-electron chi connectivity index (χ0n) is 17.9. The largest absolute Gasteiger partial charge is 0.490 e. The highest BCUT2D eigenvalue weighted by molar-refractivity contribution is 5.86. The second-order valence-electron chi connectivity index (χ2n) is 7.34. The number of hydrogen-bond donors (Lipinski definition) is 2. The molecule has 0 bridgehead atoms. The first-order valence-electron chi connectivity index (χ1n) is 10.3. The van der Waals surface area contributed by atoms with Gasteiger partial charge in [-0.2, -0.15) is 8.78 Å². The van der Waals surface area contributed by atoms with Gasteiger partial charge in [-0.3, -0.25) is 4.79 Å². The van der Waals surface area contributed by atoms with Gasteiger partial charge in [-0.25, -0.2) is 4.99 Å². The van der Waals surface area contributed by atoms with E-state index in [1.54, 1.807) is 39.2 Å². The van der Waals surface area contributed by atoms with Crippen molar-refractivity contribution in [1.82, 2.24) is 15.5 Å². The van der Waals surface area contributed by atoms with Gasteiger partial charge in [0.25, 0.3) is 0 Å². The van der Waals surface area contributed by atoms with Gasteiger partial charge in [0.1, 0.15) is 0 Å². The second-order valence-corrected chi connectivity index (χ2v) is 7.34. The predicted molar refractivity (Wildman–Crippen MR) is 112 cm³/mol. The molecule has 0 aliphatic heterocycles. The fourth-order valence-electron chi connectivity index (χ4n) is 3.25. The molecule has 1 aromatic carbocycles. The number of nitrogens with one attached hydrogen (secondary N) is 2. The van der Waals surface area contributed by atoms with Crippen molar-refractivity contribution < 1.29 is 23.0 Å². The van der Waals surface area contributed by atoms with Crippen LogP contribution in [0, 0.1) is 0 Å². The monoisotopic (exact) mass is 426 g/mol. The van der Waals surface area contributed by atoms with E-state index >= 15 is 0 Å². The molecular formula is C21H32F2N4O3. The number of carbonyl (C=O) groups is 1. The van der Waals surface area contributed by atoms with Crippen molar-refractivity contribution in [3.8, 4) is 11.5 Å². The molecule has 0 heterocycles. The van der Waals surface area contributed by atoms with E-state index in [1.165, 1.54) is 11.3 Å². The van der Waals surface area contributed by atoms with Crippen LogP contribution < -0.4 is 20.1 Å². The molecule has 0 atom stereocenters. The SMILES string of the molecule is CCOc1cccc(CN=C(NCC(=O)N(C)C)NC2CCCCC2)c1OC(F)F. The summed E-state index contributed by atoms with van der Waals surface area (Å²) < 4.78 is 36.0. The number of hydrogen-bond acceptors (Lipinski definition) is 4. The highest BCUT2D eigenvalue weighted by atomic mass is 19.3. The maximum Gasteiger partial charge on any atom is 0.387 e. The van der Waals surface area contributed by atoms with E-state index in [0.717, 1.165) is 25.7 Å². The Labute approximate surface area is 176 Å². The van der Waals surface area contributed by atoms with Crippen LogP contribution in [-0.4, -0.2) is 56.7 Å². The van der Waals surface area contributed by atoms with Crippen molar-refractivity contribution in [3.63, 3.8) is 0 Å². The van der Waals surface area contributed by atoms with Crippen LogP contribution in [-0.2, 0) is 11.3 Å². The Morgan fingerprint density at radius 3 is 2.63 bits per heavy atom. The first-order valence-corrected chi connectivity index (χ1v) is 10.3. The average Bonchev–Trinajstić information content (AvgIpc) is 2.72. The number of nitrogens with zero attached hydrogens (tertiary/aromatic N) is 2. The number of amides is 1. The summed E-state index contributed by atoms with van der Waals surface area (Å²) in [5.74, 6) is 0.623. The zero-order valence-corrected chi connectivity index (χ0v) is 17.9. The Bertz CT molecular complexity index is 707. The number of carbonyl (C=O) groups excluding carboxylic acids is 1. The number of ether oxygens (including phenoxy) is 2. The fraction of sp³-hybridized carbons (Fsp3) is 0.619. The van der Waals surface area contributed by atoms with Gasteiger partial charge in [-0.05, 0) is 25.8 Å². The van der Waals surface area contributed by atoms with E-state index in [4.69, 9.17) is 9.47 Å². The maximum atomic E-state index is 12.9. The second kappa shape index (κ2) is 12.2. The maximum absolute atomic E-state index is 12.9. The lowest BCUT2D eigenvalue weighted by atomic mass is 9.96. The molecule has 1 saturated carbocycles. The van der Waals surface area contributed by atoms with Crippen LogP contribution in [0.1, 0.15) is 44.6 Å². The molecule has 2 N–H and O–H groups in total. The molecule has 0 aromatic heterocycles. The molecule has 1 aliphatic carbocycles. The van der Waals surface area contributed by atoms with Crippen LogP contribution in [0.25, 0.3) is 0 Å². The van der Waals surface area contributed by atoms with Crippen molar-refractivity contribution >= 4 is 11.9 Å². The Balaban J connectivity index is 2.19. The van der Waals surface area contributed by atoms with E-state index in [-0.39, 0.29) is 36.5 Å². The molecular weight excluding hydrogens is 394 g/mol. The average molecular weight is 427 g/mol. The lowest BCUT2D eigenvalue weighted by molar-refractivity contribution is -0.127. The molecule has 0 unspecified atom stereocenters. The van der Waals surface area contributed by atoms with E-state index in [0.29, 0.717) is 18.1 Å². The molecule has 1 fully saturated rings. The molecule has 0 spiro atoms. The topological polar surface area (TPSA) is 75.2 Å². The van der Waals surface area contributed by atoms with E-state index in [9.17, 15) is 13.6 Å². The van der Waals surface area contributed by atoms with Crippen molar-refractivity contribution in [1.29, 1.82) is 0 Å². The quantitative estimate of drug-likeness (QED) is 0.469. The van der Waals surface area contributed by atoms with Gasteiger partial charge >= 0.3 is 6.61 Å². The van der Waals surface area contributed by atoms with Crippen molar-refractivity contribution in [3.05, 3.63) is 23.8 Å². The van der Waals surface area contributed by atoms with Crippen molar-refractivity contribution in [2.75, 3.05) is 27.2 Å². The van der Waals surface area contributed by atoms with E-state index < -0.39 is 6.61 Å². The standard InChI is InChI=1S/C21H32F2N4O3/c1-4-29-17-12-8-9-15(19(17)30-20(22)23)13-24-21(25-14-18(28)27(2)3)26-16-10-6-5-7-11-16/h8-9,12,16,20H,4-7,10-11,13-14H2,1-3H3,(H2,24,25,26). The van der Waals surface area contributed by atoms with Gasteiger partial charge in [0.15, 0.2) is 17.5 Å². The Hall–Kier alpha value is -2.58. The molecule has 2 rings (SSSR count). The number of benzene rings is 1. The predicted octanol–water partition coefficient (Wildman–Crippen LogP) is 3.14. The molecule has 168 valence electrons. The minimum Gasteiger partial charge on any atom is -0.490 e. The Morgan fingerprint density at radius 2 is 2.00 bits per heavy atom. The number of halogens is 2. The molecule has 1 aliphatic rings. The molecule has 0 radical (unpaired) electrons. The third-order valence-corrected chi connectivity index (χ3v) is 4.83. The molecule has 0 saturated heterocycles. The minimum atomic E-state index is -2.97. The van der Waals surface area contributed by atoms with Gasteiger partial charge < -0.3 is 25.0 Å². The van der Waals surface area contributed by atoms with Crippen LogP contribution in [0.3, 0.4) is 0 Å². The Kier molecular flexibility index (Phi) is 9.63. The smallest absolute Gasteiger partial charge is 0.387 e. The number of likely N-dealkylation sites (N-methyl/N-ethyl adjacent to an activating group) is 1. The number of rotatable bonds is 9. The first-order chi connectivity index (χ1) is 14.4. The number of guanidine groups is 1. The van der Waals surface area contributed by atoms with Gasteiger partial charge in [0.05, 0.1) is 19.7 Å². The first kappa shape index (κ1) is 23.7. The summed E-state index contributed by atoms with van der Waals surface area (Å²) in [4.78, 5) is 18.0. The van der Waals surface area contributed by atoms with Gasteiger partial charge in [0.2, 0.25) is 5.91 Å². The highest BCUT2D eigenvalue weighted by Crippen LogP contribution is 2.33. The molecule has 1 aromatic rings. The fourth-order valence-corrected chi connectivity index (χ4v) is 3.25. The number of aliphatic imine (C=N–C) groups is 1. The van der Waals surface area contributed by atoms with Crippen LogP contribution in [0.15, 0.2) is 23.2 Å². The normalized spacial score (nSPS) is 15.1. The van der Waals surface area contributed by atoms with E-state index in [1.807, 2.05) is 0 Å². The van der Waals surface area contributed by atoms with Crippen LogP contribution in [0.4, 0.5) is 8.78 Å². The van der Waals surface area contributed by atoms with Crippen molar-refractivity contribution in [2.24, 2.45) is 4.99 Å². The molecule has 9 heteroatoms. The number of alkyl halides is 2. The summed E-state index contributed by atoms with van der Waals surface area (Å²) in [7, 11) is 3.37. The van der Waals surface area contributed by atoms with Crippen molar-refractivity contribution in [2.45, 2.75) is 58.2 Å².